The largest absolute Gasteiger partial charge is 0.508 e. The fraction of sp³-hybridized carbons (Fsp3) is 0.344. The lowest BCUT2D eigenvalue weighted by Gasteiger charge is -2.13. The summed E-state index contributed by atoms with van der Waals surface area (Å²) in [7, 11) is 1.25. The molecule has 0 saturated heterocycles. The number of ether oxygens (including phenoxy) is 2. The Labute approximate surface area is 292 Å². The van der Waals surface area contributed by atoms with Gasteiger partial charge in [0.05, 0.1) is 45.0 Å². The number of alkyl halides is 1. The van der Waals surface area contributed by atoms with E-state index in [1.165, 1.54) is 82.0 Å². The van der Waals surface area contributed by atoms with Gasteiger partial charge in [-0.1, -0.05) is 63.6 Å². The number of carbonyl (C=O) groups excluding carboxylic acids is 3. The summed E-state index contributed by atoms with van der Waals surface area (Å²) in [6.07, 6.45) is 10.5. The van der Waals surface area contributed by atoms with Crippen LogP contribution in [-0.4, -0.2) is 46.0 Å². The van der Waals surface area contributed by atoms with Gasteiger partial charge in [0, 0.05) is 4.83 Å². The second-order valence-corrected chi connectivity index (χ2v) is 12.6. The molecule has 2 aliphatic rings. The van der Waals surface area contributed by atoms with Crippen LogP contribution in [0.5, 0.6) is 17.2 Å². The van der Waals surface area contributed by atoms with Crippen molar-refractivity contribution >= 4 is 68.5 Å². The van der Waals surface area contributed by atoms with E-state index in [-0.39, 0.29) is 44.9 Å². The zero-order chi connectivity index (χ0) is 33.5. The van der Waals surface area contributed by atoms with E-state index in [9.17, 15) is 14.4 Å². The number of esters is 1. The predicted molar refractivity (Wildman–Crippen MR) is 185 cm³/mol. The van der Waals surface area contributed by atoms with Crippen LogP contribution >= 0.6 is 50.7 Å². The van der Waals surface area contributed by atoms with Crippen LogP contribution in [0.1, 0.15) is 82.4 Å². The molecule has 0 heterocycles. The maximum atomic E-state index is 11.1. The van der Waals surface area contributed by atoms with Gasteiger partial charge in [0.25, 0.3) is 0 Å². The number of hydrogen-bond acceptors (Lipinski definition) is 8. The Kier molecular flexibility index (Phi) is 18.5. The fourth-order valence-electron chi connectivity index (χ4n) is 4.32. The zero-order valence-electron chi connectivity index (χ0n) is 25.3. The summed E-state index contributed by atoms with van der Waals surface area (Å²) in [4.78, 5) is 33.5. The molecule has 2 amide bonds. The number of aromatic hydroxyl groups is 2. The maximum absolute atomic E-state index is 11.1. The number of phenols is 2. The number of benzene rings is 3. The summed E-state index contributed by atoms with van der Waals surface area (Å²) in [5.41, 5.74) is 10.8. The minimum Gasteiger partial charge on any atom is -0.508 e. The van der Waals surface area contributed by atoms with Crippen LogP contribution in [0.2, 0.25) is 15.1 Å². The molecule has 0 radical (unpaired) electrons. The van der Waals surface area contributed by atoms with Gasteiger partial charge in [-0.15, -0.1) is 0 Å². The van der Waals surface area contributed by atoms with E-state index in [1.54, 1.807) is 18.2 Å². The summed E-state index contributed by atoms with van der Waals surface area (Å²) in [6, 6.07) is 13.1. The van der Waals surface area contributed by atoms with Gasteiger partial charge in [-0.3, -0.25) is 9.59 Å². The molecule has 46 heavy (non-hydrogen) atoms. The van der Waals surface area contributed by atoms with Crippen molar-refractivity contribution < 1.29 is 34.1 Å². The molecule has 0 bridgehead atoms. The second-order valence-electron chi connectivity index (χ2n) is 10.1. The molecule has 9 N–H and O–H groups in total. The highest BCUT2D eigenvalue weighted by atomic mass is 79.9. The third kappa shape index (κ3) is 14.0. The van der Waals surface area contributed by atoms with Crippen molar-refractivity contribution in [3.05, 3.63) is 86.4 Å². The van der Waals surface area contributed by atoms with E-state index in [1.807, 2.05) is 0 Å². The highest BCUT2D eigenvalue weighted by Gasteiger charge is 2.17. The van der Waals surface area contributed by atoms with Gasteiger partial charge in [0.1, 0.15) is 17.2 Å². The van der Waals surface area contributed by atoms with E-state index in [4.69, 9.17) is 61.2 Å². The third-order valence-electron chi connectivity index (χ3n) is 6.66. The Balaban J connectivity index is 0.000000318. The molecule has 252 valence electrons. The molecule has 0 unspecified atom stereocenters. The predicted octanol–water partition coefficient (Wildman–Crippen LogP) is 8.22. The maximum Gasteiger partial charge on any atom is 0.339 e. The van der Waals surface area contributed by atoms with Crippen molar-refractivity contribution in [2.45, 2.75) is 62.3 Å². The lowest BCUT2D eigenvalue weighted by atomic mass is 10.2. The molecule has 5 rings (SSSR count). The topological polar surface area (TPSA) is 197 Å². The van der Waals surface area contributed by atoms with Crippen molar-refractivity contribution in [3.8, 4) is 17.2 Å². The first kappa shape index (κ1) is 40.8. The first-order chi connectivity index (χ1) is 21.3. The Hall–Kier alpha value is -3.22. The molecular formula is C32H39BrCl3N3O7. The van der Waals surface area contributed by atoms with E-state index >= 15 is 0 Å². The number of primary amides is 2. The molecule has 2 aliphatic carbocycles. The number of rotatable bonds is 5. The number of carbonyl (C=O) groups is 3. The first-order valence-electron chi connectivity index (χ1n) is 14.1. The van der Waals surface area contributed by atoms with Crippen LogP contribution in [0.15, 0.2) is 54.6 Å². The summed E-state index contributed by atoms with van der Waals surface area (Å²) < 4.78 is 10.2. The van der Waals surface area contributed by atoms with Crippen LogP contribution in [-0.2, 0) is 4.74 Å². The second kappa shape index (κ2) is 20.8. The lowest BCUT2D eigenvalue weighted by molar-refractivity contribution is 0.0600. The van der Waals surface area contributed by atoms with E-state index in [0.29, 0.717) is 16.3 Å². The molecule has 3 aromatic carbocycles. The summed E-state index contributed by atoms with van der Waals surface area (Å²) in [6.45, 7) is 0. The van der Waals surface area contributed by atoms with Gasteiger partial charge in [-0.2, -0.15) is 0 Å². The van der Waals surface area contributed by atoms with Crippen molar-refractivity contribution in [1.29, 1.82) is 0 Å². The van der Waals surface area contributed by atoms with Gasteiger partial charge in [0.15, 0.2) is 0 Å². The van der Waals surface area contributed by atoms with Crippen molar-refractivity contribution in [1.82, 2.24) is 6.15 Å². The molecule has 10 nitrogen and oxygen atoms in total. The minimum atomic E-state index is -0.647. The molecule has 14 heteroatoms. The number of phenolic OH excluding ortho intramolecular Hbond substituents is 2. The van der Waals surface area contributed by atoms with E-state index < -0.39 is 17.8 Å². The summed E-state index contributed by atoms with van der Waals surface area (Å²) in [5.74, 6) is -1.10. The van der Waals surface area contributed by atoms with Crippen molar-refractivity contribution in [2.24, 2.45) is 11.5 Å². The average Bonchev–Trinajstić information content (AvgIpc) is 3.71. The molecule has 3 aromatic rings. The quantitative estimate of drug-likeness (QED) is 0.127. The fourth-order valence-corrected chi connectivity index (χ4v) is 5.59. The lowest BCUT2D eigenvalue weighted by Crippen LogP contribution is -2.14. The first-order valence-corrected chi connectivity index (χ1v) is 16.1. The normalized spacial score (nSPS) is 13.8. The minimum absolute atomic E-state index is 0. The molecule has 0 atom stereocenters. The Morgan fingerprint density at radius 2 is 1.13 bits per heavy atom. The monoisotopic (exact) mass is 761 g/mol. The molecule has 0 spiro atoms. The number of nitrogens with two attached hydrogens (primary N) is 2. The highest BCUT2D eigenvalue weighted by molar-refractivity contribution is 9.09. The average molecular weight is 764 g/mol. The van der Waals surface area contributed by atoms with E-state index in [0.717, 1.165) is 17.7 Å². The highest BCUT2D eigenvalue weighted by Crippen LogP contribution is 2.27. The number of hydrogen-bond donors (Lipinski definition) is 5. The van der Waals surface area contributed by atoms with Crippen LogP contribution in [0.3, 0.4) is 0 Å². The van der Waals surface area contributed by atoms with Gasteiger partial charge >= 0.3 is 5.97 Å². The third-order valence-corrected chi connectivity index (χ3v) is 8.57. The van der Waals surface area contributed by atoms with Crippen molar-refractivity contribution in [3.63, 3.8) is 0 Å². The van der Waals surface area contributed by atoms with E-state index in [2.05, 4.69) is 20.7 Å². The summed E-state index contributed by atoms with van der Waals surface area (Å²) in [5, 5.41) is 18.8. The Bertz CT molecular complexity index is 1450. The molecule has 2 saturated carbocycles. The Morgan fingerprint density at radius 3 is 1.54 bits per heavy atom. The number of halogens is 4. The SMILES string of the molecule is BrC1CCCC1.COC(=O)c1cc(O)ccc1Cl.N.NC(=O)c1cc(O)ccc1Cl.NC(=O)c1cc(OC2CCCC2)ccc1Cl. The summed E-state index contributed by atoms with van der Waals surface area (Å²) >= 11 is 20.6. The van der Waals surface area contributed by atoms with Crippen molar-refractivity contribution in [2.75, 3.05) is 7.11 Å². The van der Waals surface area contributed by atoms with Gasteiger partial charge in [-0.25, -0.2) is 4.79 Å². The van der Waals surface area contributed by atoms with Crippen LogP contribution in [0.4, 0.5) is 0 Å². The van der Waals surface area contributed by atoms with Crippen LogP contribution in [0, 0.1) is 0 Å². The number of amides is 2. The van der Waals surface area contributed by atoms with Crippen LogP contribution < -0.4 is 22.4 Å². The molecule has 0 aromatic heterocycles. The Morgan fingerprint density at radius 1 is 0.717 bits per heavy atom. The smallest absolute Gasteiger partial charge is 0.339 e. The standard InChI is InChI=1S/C12H14ClNO2.C8H7ClO3.C7H6ClNO2.C5H9Br.H3N/c13-11-6-5-9(7-10(11)12(14)15)16-8-3-1-2-4-8;1-12-8(11)6-4-5(10)2-3-7(6)9;8-6-2-1-4(10)3-5(6)7(9)11;6-5-3-1-2-4-5;/h5-8H,1-4H2,(H2,14,15);2-4,10H,1H3;1-3,10H,(H2,9,11);5H,1-4H2;1H3. The molecule has 2 fully saturated rings. The zero-order valence-corrected chi connectivity index (χ0v) is 29.2. The molecule has 0 aliphatic heterocycles. The van der Waals surface area contributed by atoms with Gasteiger partial charge < -0.3 is 37.3 Å². The molecular weight excluding hydrogens is 725 g/mol. The van der Waals surface area contributed by atoms with Gasteiger partial charge in [-0.05, 0) is 93.1 Å². The number of methoxy groups -OCH3 is 1. The van der Waals surface area contributed by atoms with Crippen LogP contribution in [0.25, 0.3) is 0 Å². The van der Waals surface area contributed by atoms with Gasteiger partial charge in [0.2, 0.25) is 11.8 Å².